The summed E-state index contributed by atoms with van der Waals surface area (Å²) in [6.07, 6.45) is 4.41. The van der Waals surface area contributed by atoms with Crippen LogP contribution in [0, 0.1) is 0 Å². The van der Waals surface area contributed by atoms with E-state index in [1.54, 1.807) is 12.1 Å². The Morgan fingerprint density at radius 3 is 2.35 bits per heavy atom. The van der Waals surface area contributed by atoms with Gasteiger partial charge in [0.05, 0.1) is 4.90 Å². The van der Waals surface area contributed by atoms with Gasteiger partial charge in [0.2, 0.25) is 5.95 Å². The van der Waals surface area contributed by atoms with Crippen molar-refractivity contribution >= 4 is 33.2 Å². The van der Waals surface area contributed by atoms with Gasteiger partial charge in [0.25, 0.3) is 5.91 Å². The number of hydrogen-bond acceptors (Lipinski definition) is 8. The van der Waals surface area contributed by atoms with Crippen molar-refractivity contribution in [3.63, 3.8) is 0 Å². The average Bonchev–Trinajstić information content (AvgIpc) is 2.62. The highest BCUT2D eigenvalue weighted by Gasteiger charge is 2.19. The first kappa shape index (κ1) is 18.1. The number of piperidine rings is 1. The van der Waals surface area contributed by atoms with E-state index in [9.17, 15) is 13.2 Å². The summed E-state index contributed by atoms with van der Waals surface area (Å²) in [4.78, 5) is 18.3. The number of nitrogens with zero attached hydrogens (tertiary/aromatic N) is 4. The molecule has 1 aliphatic rings. The first-order chi connectivity index (χ1) is 12.3. The number of nitrogens with two attached hydrogens (primary N) is 1. The third kappa shape index (κ3) is 4.07. The Balaban J connectivity index is 1.90. The fraction of sp³-hybridized carbons (Fsp3) is 0.375. The van der Waals surface area contributed by atoms with Gasteiger partial charge in [-0.15, -0.1) is 10.2 Å². The molecule has 1 aromatic carbocycles. The number of amides is 1. The van der Waals surface area contributed by atoms with Crippen LogP contribution in [0.2, 0.25) is 0 Å². The molecule has 0 aliphatic carbocycles. The summed E-state index contributed by atoms with van der Waals surface area (Å²) in [5.41, 5.74) is 5.85. The lowest BCUT2D eigenvalue weighted by Gasteiger charge is -2.26. The van der Waals surface area contributed by atoms with Crippen LogP contribution in [-0.4, -0.2) is 48.9 Å². The lowest BCUT2D eigenvalue weighted by atomic mass is 10.1. The van der Waals surface area contributed by atoms with E-state index in [0.717, 1.165) is 32.2 Å². The summed E-state index contributed by atoms with van der Waals surface area (Å²) < 4.78 is 23.1. The van der Waals surface area contributed by atoms with Crippen molar-refractivity contribution in [3.8, 4) is 0 Å². The van der Waals surface area contributed by atoms with Gasteiger partial charge < -0.3 is 16.0 Å². The summed E-state index contributed by atoms with van der Waals surface area (Å²) in [6.45, 7) is 1.67. The fourth-order valence-electron chi connectivity index (χ4n) is 2.72. The van der Waals surface area contributed by atoms with Crippen molar-refractivity contribution in [2.45, 2.75) is 24.2 Å². The Kier molecular flexibility index (Phi) is 5.03. The average molecular weight is 376 g/mol. The molecular formula is C16H20N6O3S. The Morgan fingerprint density at radius 2 is 1.77 bits per heavy atom. The van der Waals surface area contributed by atoms with Crippen LogP contribution in [0.5, 0.6) is 0 Å². The van der Waals surface area contributed by atoms with Crippen LogP contribution in [0.15, 0.2) is 29.2 Å². The van der Waals surface area contributed by atoms with Crippen molar-refractivity contribution in [3.05, 3.63) is 30.0 Å². The molecule has 1 saturated heterocycles. The molecule has 1 fully saturated rings. The van der Waals surface area contributed by atoms with E-state index in [1.165, 1.54) is 18.6 Å². The minimum absolute atomic E-state index is 0.0713. The van der Waals surface area contributed by atoms with Gasteiger partial charge in [0.15, 0.2) is 21.3 Å². The molecule has 0 atom stereocenters. The number of nitrogens with one attached hydrogen (secondary N) is 1. The molecule has 9 nitrogen and oxygen atoms in total. The summed E-state index contributed by atoms with van der Waals surface area (Å²) in [5.74, 6) is -0.115. The zero-order chi connectivity index (χ0) is 18.7. The molecule has 138 valence electrons. The van der Waals surface area contributed by atoms with Crippen LogP contribution in [0.25, 0.3) is 0 Å². The largest absolute Gasteiger partial charge is 0.364 e. The van der Waals surface area contributed by atoms with Crippen molar-refractivity contribution in [1.82, 2.24) is 15.2 Å². The van der Waals surface area contributed by atoms with E-state index in [-0.39, 0.29) is 16.4 Å². The quantitative estimate of drug-likeness (QED) is 0.793. The molecule has 2 heterocycles. The van der Waals surface area contributed by atoms with E-state index in [4.69, 9.17) is 5.73 Å². The number of hydrogen-bond donors (Lipinski definition) is 2. The summed E-state index contributed by atoms with van der Waals surface area (Å²) in [6, 6.07) is 6.12. The molecule has 1 aliphatic heterocycles. The smallest absolute Gasteiger partial charge is 0.273 e. The van der Waals surface area contributed by atoms with Gasteiger partial charge in [0.1, 0.15) is 0 Å². The zero-order valence-electron chi connectivity index (χ0n) is 14.3. The third-order valence-corrected chi connectivity index (χ3v) is 5.22. The maximum atomic E-state index is 11.6. The Bertz CT molecular complexity index is 908. The van der Waals surface area contributed by atoms with E-state index in [2.05, 4.69) is 20.5 Å². The monoisotopic (exact) mass is 376 g/mol. The van der Waals surface area contributed by atoms with Crippen molar-refractivity contribution in [1.29, 1.82) is 0 Å². The van der Waals surface area contributed by atoms with Crippen LogP contribution >= 0.6 is 0 Å². The fourth-order valence-corrected chi connectivity index (χ4v) is 3.35. The van der Waals surface area contributed by atoms with Crippen molar-refractivity contribution in [2.75, 3.05) is 29.6 Å². The molecule has 1 amide bonds. The Labute approximate surface area is 151 Å². The standard InChI is InChI=1S/C16H20N6O3S/c1-26(24,25)12-7-5-11(6-8-12)18-15-13(14(17)23)20-21-16(19-15)22-9-3-2-4-10-22/h5-8H,2-4,9-10H2,1H3,(H2,17,23)(H,18,19,21). The molecule has 0 saturated carbocycles. The summed E-state index contributed by atoms with van der Waals surface area (Å²) in [5, 5.41) is 10.9. The second-order valence-corrected chi connectivity index (χ2v) is 8.16. The summed E-state index contributed by atoms with van der Waals surface area (Å²) >= 11 is 0. The number of carbonyl (C=O) groups is 1. The highest BCUT2D eigenvalue weighted by atomic mass is 32.2. The lowest BCUT2D eigenvalue weighted by Crippen LogP contribution is -2.32. The molecule has 0 unspecified atom stereocenters. The molecule has 1 aromatic heterocycles. The van der Waals surface area contributed by atoms with Gasteiger partial charge in [-0.3, -0.25) is 4.79 Å². The molecule has 2 aromatic rings. The second-order valence-electron chi connectivity index (χ2n) is 6.14. The van der Waals surface area contributed by atoms with Gasteiger partial charge >= 0.3 is 0 Å². The minimum Gasteiger partial charge on any atom is -0.364 e. The molecule has 0 radical (unpaired) electrons. The number of carbonyl (C=O) groups excluding carboxylic acids is 1. The first-order valence-electron chi connectivity index (χ1n) is 8.21. The predicted molar refractivity (Wildman–Crippen MR) is 97.2 cm³/mol. The number of sulfone groups is 1. The Morgan fingerprint density at radius 1 is 1.12 bits per heavy atom. The predicted octanol–water partition coefficient (Wildman–Crippen LogP) is 1.11. The maximum Gasteiger partial charge on any atom is 0.273 e. The first-order valence-corrected chi connectivity index (χ1v) is 10.1. The minimum atomic E-state index is -3.28. The van der Waals surface area contributed by atoms with Crippen LogP contribution in [0.3, 0.4) is 0 Å². The van der Waals surface area contributed by atoms with Crippen molar-refractivity contribution in [2.24, 2.45) is 5.73 Å². The van der Waals surface area contributed by atoms with Crippen LogP contribution in [-0.2, 0) is 9.84 Å². The topological polar surface area (TPSA) is 131 Å². The number of rotatable bonds is 5. The van der Waals surface area contributed by atoms with Crippen LogP contribution in [0.4, 0.5) is 17.5 Å². The van der Waals surface area contributed by atoms with Gasteiger partial charge in [-0.2, -0.15) is 4.98 Å². The van der Waals surface area contributed by atoms with Crippen LogP contribution in [0.1, 0.15) is 29.8 Å². The zero-order valence-corrected chi connectivity index (χ0v) is 15.2. The van der Waals surface area contributed by atoms with Gasteiger partial charge in [-0.1, -0.05) is 0 Å². The number of aromatic nitrogens is 3. The third-order valence-electron chi connectivity index (χ3n) is 4.09. The van der Waals surface area contributed by atoms with Gasteiger partial charge in [-0.25, -0.2) is 8.42 Å². The van der Waals surface area contributed by atoms with Gasteiger partial charge in [0, 0.05) is 25.0 Å². The molecule has 0 bridgehead atoms. The number of benzene rings is 1. The molecule has 3 N–H and O–H groups in total. The molecule has 26 heavy (non-hydrogen) atoms. The van der Waals surface area contributed by atoms with Gasteiger partial charge in [-0.05, 0) is 43.5 Å². The van der Waals surface area contributed by atoms with E-state index in [0.29, 0.717) is 11.6 Å². The highest BCUT2D eigenvalue weighted by Crippen LogP contribution is 2.22. The molecule has 10 heteroatoms. The highest BCUT2D eigenvalue weighted by molar-refractivity contribution is 7.90. The second kappa shape index (κ2) is 7.24. The number of anilines is 3. The van der Waals surface area contributed by atoms with Crippen molar-refractivity contribution < 1.29 is 13.2 Å². The van der Waals surface area contributed by atoms with E-state index in [1.807, 2.05) is 4.90 Å². The normalized spacial score (nSPS) is 14.9. The maximum absolute atomic E-state index is 11.6. The Hall–Kier alpha value is -2.75. The van der Waals surface area contributed by atoms with Crippen LogP contribution < -0.4 is 16.0 Å². The lowest BCUT2D eigenvalue weighted by molar-refractivity contribution is 0.0995. The molecule has 3 rings (SSSR count). The molecular weight excluding hydrogens is 356 g/mol. The van der Waals surface area contributed by atoms with E-state index < -0.39 is 15.7 Å². The number of primary amides is 1. The van der Waals surface area contributed by atoms with E-state index >= 15 is 0 Å². The SMILES string of the molecule is CS(=O)(=O)c1ccc(Nc2nc(N3CCCCC3)nnc2C(N)=O)cc1. The molecule has 0 spiro atoms. The summed E-state index contributed by atoms with van der Waals surface area (Å²) in [7, 11) is -3.28.